The number of amides is 1. The van der Waals surface area contributed by atoms with Crippen molar-refractivity contribution in [3.05, 3.63) is 65.2 Å². The highest BCUT2D eigenvalue weighted by molar-refractivity contribution is 6.30. The predicted octanol–water partition coefficient (Wildman–Crippen LogP) is 3.35. The van der Waals surface area contributed by atoms with Crippen LogP contribution < -0.4 is 4.90 Å². The molecule has 3 aromatic rings. The normalized spacial score (nSPS) is 14.5. The van der Waals surface area contributed by atoms with Gasteiger partial charge in [-0.1, -0.05) is 41.0 Å². The van der Waals surface area contributed by atoms with Crippen LogP contribution in [0.4, 0.5) is 6.01 Å². The molecule has 0 unspecified atom stereocenters. The molecule has 1 fully saturated rings. The molecule has 1 saturated heterocycles. The first-order valence-electron chi connectivity index (χ1n) is 8.39. The number of nitrogens with zero attached hydrogens (tertiary/aromatic N) is 4. The Morgan fingerprint density at radius 3 is 2.46 bits per heavy atom. The summed E-state index contributed by atoms with van der Waals surface area (Å²) >= 11 is 5.98. The number of piperazine rings is 1. The molecule has 0 saturated carbocycles. The van der Waals surface area contributed by atoms with Gasteiger partial charge in [0.2, 0.25) is 5.89 Å². The summed E-state index contributed by atoms with van der Waals surface area (Å²) in [7, 11) is 0. The van der Waals surface area contributed by atoms with Gasteiger partial charge in [0.15, 0.2) is 0 Å². The standard InChI is InChI=1S/C19H17ClN4O2/c20-16-8-4-7-15(13-16)18(25)23-9-11-24(12-10-23)19-22-21-17(26-19)14-5-2-1-3-6-14/h1-8,13H,9-12H2. The summed E-state index contributed by atoms with van der Waals surface area (Å²) in [6, 6.07) is 17.2. The molecule has 0 atom stereocenters. The van der Waals surface area contributed by atoms with Gasteiger partial charge >= 0.3 is 6.01 Å². The van der Waals surface area contributed by atoms with E-state index in [2.05, 4.69) is 10.2 Å². The zero-order valence-electron chi connectivity index (χ0n) is 14.0. The van der Waals surface area contributed by atoms with Crippen LogP contribution in [0.1, 0.15) is 10.4 Å². The number of hydrogen-bond acceptors (Lipinski definition) is 5. The molecule has 2 aromatic carbocycles. The molecular weight excluding hydrogens is 352 g/mol. The van der Waals surface area contributed by atoms with E-state index in [9.17, 15) is 4.79 Å². The number of aromatic nitrogens is 2. The summed E-state index contributed by atoms with van der Waals surface area (Å²) in [6.45, 7) is 2.47. The monoisotopic (exact) mass is 368 g/mol. The minimum atomic E-state index is -0.0114. The quantitative estimate of drug-likeness (QED) is 0.709. The van der Waals surface area contributed by atoms with E-state index < -0.39 is 0 Å². The van der Waals surface area contributed by atoms with Crippen LogP contribution in [-0.4, -0.2) is 47.2 Å². The third kappa shape index (κ3) is 3.41. The molecule has 1 aliphatic rings. The molecule has 0 aliphatic carbocycles. The second-order valence-electron chi connectivity index (χ2n) is 6.05. The Morgan fingerprint density at radius 2 is 1.73 bits per heavy atom. The lowest BCUT2D eigenvalue weighted by molar-refractivity contribution is 0.0745. The molecule has 1 aromatic heterocycles. The number of anilines is 1. The largest absolute Gasteiger partial charge is 0.403 e. The van der Waals surface area contributed by atoms with Crippen LogP contribution in [0.25, 0.3) is 11.5 Å². The van der Waals surface area contributed by atoms with Gasteiger partial charge < -0.3 is 14.2 Å². The highest BCUT2D eigenvalue weighted by atomic mass is 35.5. The van der Waals surface area contributed by atoms with Crippen molar-refractivity contribution in [1.29, 1.82) is 0 Å². The molecular formula is C19H17ClN4O2. The van der Waals surface area contributed by atoms with Crippen molar-refractivity contribution in [2.45, 2.75) is 0 Å². The van der Waals surface area contributed by atoms with Crippen molar-refractivity contribution in [2.24, 2.45) is 0 Å². The second-order valence-corrected chi connectivity index (χ2v) is 6.48. The van der Waals surface area contributed by atoms with Gasteiger partial charge in [0, 0.05) is 42.3 Å². The molecule has 0 spiro atoms. The lowest BCUT2D eigenvalue weighted by Gasteiger charge is -2.33. The van der Waals surface area contributed by atoms with E-state index in [-0.39, 0.29) is 5.91 Å². The number of halogens is 1. The second kappa shape index (κ2) is 7.17. The van der Waals surface area contributed by atoms with Crippen molar-refractivity contribution >= 4 is 23.5 Å². The Balaban J connectivity index is 1.41. The molecule has 26 heavy (non-hydrogen) atoms. The van der Waals surface area contributed by atoms with E-state index in [0.29, 0.717) is 48.7 Å². The van der Waals surface area contributed by atoms with E-state index in [1.54, 1.807) is 24.3 Å². The maximum Gasteiger partial charge on any atom is 0.318 e. The summed E-state index contributed by atoms with van der Waals surface area (Å²) in [4.78, 5) is 16.4. The van der Waals surface area contributed by atoms with Gasteiger partial charge in [-0.05, 0) is 30.3 Å². The number of rotatable bonds is 3. The molecule has 0 N–H and O–H groups in total. The van der Waals surface area contributed by atoms with E-state index in [4.69, 9.17) is 16.0 Å². The Bertz CT molecular complexity index is 905. The lowest BCUT2D eigenvalue weighted by Crippen LogP contribution is -2.48. The Labute approximate surface area is 156 Å². The topological polar surface area (TPSA) is 62.5 Å². The zero-order chi connectivity index (χ0) is 17.9. The fourth-order valence-electron chi connectivity index (χ4n) is 2.95. The van der Waals surface area contributed by atoms with Gasteiger partial charge in [-0.25, -0.2) is 0 Å². The van der Waals surface area contributed by atoms with E-state index in [1.165, 1.54) is 0 Å². The number of benzene rings is 2. The summed E-state index contributed by atoms with van der Waals surface area (Å²) < 4.78 is 5.79. The van der Waals surface area contributed by atoms with Gasteiger partial charge in [0.05, 0.1) is 0 Å². The first kappa shape index (κ1) is 16.6. The van der Waals surface area contributed by atoms with Crippen LogP contribution >= 0.6 is 11.6 Å². The number of carbonyl (C=O) groups excluding carboxylic acids is 1. The Kier molecular flexibility index (Phi) is 4.58. The Hall–Kier alpha value is -2.86. The third-order valence-electron chi connectivity index (χ3n) is 4.34. The molecule has 4 rings (SSSR count). The maximum absolute atomic E-state index is 12.6. The van der Waals surface area contributed by atoms with Crippen LogP contribution in [0.3, 0.4) is 0 Å². The van der Waals surface area contributed by atoms with Gasteiger partial charge in [-0.3, -0.25) is 4.79 Å². The van der Waals surface area contributed by atoms with Crippen molar-refractivity contribution in [3.63, 3.8) is 0 Å². The minimum Gasteiger partial charge on any atom is -0.403 e. The van der Waals surface area contributed by atoms with Crippen LogP contribution in [0.5, 0.6) is 0 Å². The SMILES string of the molecule is O=C(c1cccc(Cl)c1)N1CCN(c2nnc(-c3ccccc3)o2)CC1. The molecule has 0 radical (unpaired) electrons. The fourth-order valence-corrected chi connectivity index (χ4v) is 3.14. The van der Waals surface area contributed by atoms with Gasteiger partial charge in [0.25, 0.3) is 5.91 Å². The van der Waals surface area contributed by atoms with Gasteiger partial charge in [0.1, 0.15) is 0 Å². The van der Waals surface area contributed by atoms with Gasteiger partial charge in [-0.15, -0.1) is 5.10 Å². The van der Waals surface area contributed by atoms with Crippen molar-refractivity contribution in [2.75, 3.05) is 31.1 Å². The van der Waals surface area contributed by atoms with Crippen LogP contribution in [0.15, 0.2) is 59.0 Å². The van der Waals surface area contributed by atoms with Crippen molar-refractivity contribution in [3.8, 4) is 11.5 Å². The van der Waals surface area contributed by atoms with Crippen LogP contribution in [0, 0.1) is 0 Å². The molecule has 7 heteroatoms. The van der Waals surface area contributed by atoms with Crippen LogP contribution in [0.2, 0.25) is 5.02 Å². The maximum atomic E-state index is 12.6. The smallest absolute Gasteiger partial charge is 0.318 e. The average molecular weight is 369 g/mol. The molecule has 1 amide bonds. The van der Waals surface area contributed by atoms with Crippen molar-refractivity contribution < 1.29 is 9.21 Å². The molecule has 132 valence electrons. The predicted molar refractivity (Wildman–Crippen MR) is 99.3 cm³/mol. The van der Waals surface area contributed by atoms with E-state index in [1.807, 2.05) is 40.1 Å². The summed E-state index contributed by atoms with van der Waals surface area (Å²) in [5.74, 6) is 0.487. The average Bonchev–Trinajstić information content (AvgIpc) is 3.18. The zero-order valence-corrected chi connectivity index (χ0v) is 14.8. The molecule has 2 heterocycles. The first-order valence-corrected chi connectivity index (χ1v) is 8.77. The Morgan fingerprint density at radius 1 is 0.962 bits per heavy atom. The molecule has 6 nitrogen and oxygen atoms in total. The summed E-state index contributed by atoms with van der Waals surface area (Å²) in [5.41, 5.74) is 1.50. The number of hydrogen-bond donors (Lipinski definition) is 0. The highest BCUT2D eigenvalue weighted by Gasteiger charge is 2.25. The fraction of sp³-hybridized carbons (Fsp3) is 0.211. The summed E-state index contributed by atoms with van der Waals surface area (Å²) in [5, 5.41) is 8.83. The van der Waals surface area contributed by atoms with Crippen molar-refractivity contribution in [1.82, 2.24) is 15.1 Å². The highest BCUT2D eigenvalue weighted by Crippen LogP contribution is 2.23. The van der Waals surface area contributed by atoms with E-state index >= 15 is 0 Å². The molecule has 1 aliphatic heterocycles. The van der Waals surface area contributed by atoms with Crippen LogP contribution in [-0.2, 0) is 0 Å². The van der Waals surface area contributed by atoms with E-state index in [0.717, 1.165) is 5.56 Å². The first-order chi connectivity index (χ1) is 12.7. The minimum absolute atomic E-state index is 0.0114. The third-order valence-corrected chi connectivity index (χ3v) is 4.58. The number of carbonyl (C=O) groups is 1. The van der Waals surface area contributed by atoms with Gasteiger partial charge in [-0.2, -0.15) is 0 Å². The summed E-state index contributed by atoms with van der Waals surface area (Å²) in [6.07, 6.45) is 0. The lowest BCUT2D eigenvalue weighted by atomic mass is 10.2. The molecule has 0 bridgehead atoms.